The van der Waals surface area contributed by atoms with Gasteiger partial charge in [-0.15, -0.1) is 0 Å². The number of nitrogens with one attached hydrogen (secondary N) is 1. The van der Waals surface area contributed by atoms with Crippen LogP contribution in [0.4, 0.5) is 4.79 Å². The molecule has 1 unspecified atom stereocenters. The molecule has 2 aromatic carbocycles. The lowest BCUT2D eigenvalue weighted by atomic mass is 9.90. The lowest BCUT2D eigenvalue weighted by Gasteiger charge is -2.28. The first kappa shape index (κ1) is 17.6. The smallest absolute Gasteiger partial charge is 0.321 e. The number of carbonyl (C=O) groups is 3. The molecule has 1 saturated heterocycles. The van der Waals surface area contributed by atoms with Crippen molar-refractivity contribution in [1.29, 1.82) is 0 Å². The van der Waals surface area contributed by atoms with Gasteiger partial charge in [-0.1, -0.05) is 60.7 Å². The van der Waals surface area contributed by atoms with Crippen LogP contribution in [-0.2, 0) is 22.6 Å². The van der Waals surface area contributed by atoms with Gasteiger partial charge in [0, 0.05) is 6.42 Å². The molecule has 3 rings (SSSR count). The maximum atomic E-state index is 13.1. The molecule has 1 fully saturated rings. The summed E-state index contributed by atoms with van der Waals surface area (Å²) < 4.78 is 0. The van der Waals surface area contributed by atoms with E-state index in [1.165, 1.54) is 0 Å². The van der Waals surface area contributed by atoms with E-state index in [1.807, 2.05) is 60.7 Å². The highest BCUT2D eigenvalue weighted by Gasteiger charge is 2.52. The number of urea groups is 1. The molecule has 4 amide bonds. The van der Waals surface area contributed by atoms with Crippen molar-refractivity contribution < 1.29 is 19.6 Å². The Morgan fingerprint density at radius 3 is 2.15 bits per heavy atom. The van der Waals surface area contributed by atoms with E-state index in [1.54, 1.807) is 0 Å². The fourth-order valence-electron chi connectivity index (χ4n) is 3.13. The van der Waals surface area contributed by atoms with Gasteiger partial charge in [-0.3, -0.25) is 19.7 Å². The van der Waals surface area contributed by atoms with Crippen molar-refractivity contribution in [3.8, 4) is 0 Å². The van der Waals surface area contributed by atoms with Crippen LogP contribution in [0.25, 0.3) is 0 Å². The summed E-state index contributed by atoms with van der Waals surface area (Å²) in [4.78, 5) is 37.6. The summed E-state index contributed by atoms with van der Waals surface area (Å²) in [5.74, 6) is -0.476. The maximum absolute atomic E-state index is 13.1. The fraction of sp³-hybridized carbons (Fsp3) is 0.211. The van der Waals surface area contributed by atoms with Gasteiger partial charge in [-0.05, 0) is 11.1 Å². The minimum absolute atomic E-state index is 0.120. The van der Waals surface area contributed by atoms with Crippen LogP contribution in [0, 0.1) is 0 Å². The van der Waals surface area contributed by atoms with Crippen molar-refractivity contribution in [2.75, 3.05) is 6.54 Å². The summed E-state index contributed by atoms with van der Waals surface area (Å²) in [5.41, 5.74) is 0.202. The maximum Gasteiger partial charge on any atom is 0.325 e. The van der Waals surface area contributed by atoms with Crippen LogP contribution in [0.5, 0.6) is 0 Å². The van der Waals surface area contributed by atoms with E-state index in [0.717, 1.165) is 16.0 Å². The summed E-state index contributed by atoms with van der Waals surface area (Å²) >= 11 is 0. The number of hydroxylamine groups is 2. The third-order valence-electron chi connectivity index (χ3n) is 4.33. The predicted molar refractivity (Wildman–Crippen MR) is 93.0 cm³/mol. The first-order chi connectivity index (χ1) is 12.5. The first-order valence-electron chi connectivity index (χ1n) is 8.17. The molecule has 0 bridgehead atoms. The van der Waals surface area contributed by atoms with E-state index in [9.17, 15) is 19.6 Å². The fourth-order valence-corrected chi connectivity index (χ4v) is 3.13. The second kappa shape index (κ2) is 7.37. The van der Waals surface area contributed by atoms with Gasteiger partial charge < -0.3 is 5.32 Å². The number of imide groups is 1. The quantitative estimate of drug-likeness (QED) is 0.342. The first-order valence-corrected chi connectivity index (χ1v) is 8.17. The van der Waals surface area contributed by atoms with Crippen molar-refractivity contribution in [2.24, 2.45) is 0 Å². The molecule has 0 aromatic heterocycles. The Bertz CT molecular complexity index is 797. The Balaban J connectivity index is 1.89. The lowest BCUT2D eigenvalue weighted by Crippen LogP contribution is -2.56. The number of amides is 4. The van der Waals surface area contributed by atoms with Crippen molar-refractivity contribution in [3.63, 3.8) is 0 Å². The van der Waals surface area contributed by atoms with Gasteiger partial charge in [-0.2, -0.15) is 0 Å². The molecular weight excluding hydrogens is 334 g/mol. The van der Waals surface area contributed by atoms with Crippen LogP contribution in [-0.4, -0.2) is 45.6 Å². The molecule has 0 radical (unpaired) electrons. The van der Waals surface area contributed by atoms with E-state index in [-0.39, 0.29) is 25.9 Å². The molecule has 7 nitrogen and oxygen atoms in total. The SMILES string of the molecule is O=CN(O)CC1(Cc2ccccc2)NC(=O)N(Cc2ccccc2)C1=O. The van der Waals surface area contributed by atoms with Crippen LogP contribution in [0.1, 0.15) is 11.1 Å². The van der Waals surface area contributed by atoms with Crippen LogP contribution in [0.3, 0.4) is 0 Å². The number of hydrogen-bond donors (Lipinski definition) is 2. The molecule has 2 N–H and O–H groups in total. The molecule has 26 heavy (non-hydrogen) atoms. The Labute approximate surface area is 150 Å². The number of hydrogen-bond acceptors (Lipinski definition) is 4. The normalized spacial score (nSPS) is 19.3. The van der Waals surface area contributed by atoms with Crippen LogP contribution >= 0.6 is 0 Å². The van der Waals surface area contributed by atoms with E-state index >= 15 is 0 Å². The monoisotopic (exact) mass is 353 g/mol. The van der Waals surface area contributed by atoms with Crippen LogP contribution < -0.4 is 5.32 Å². The number of carbonyl (C=O) groups excluding carboxylic acids is 3. The van der Waals surface area contributed by atoms with Crippen LogP contribution in [0.15, 0.2) is 60.7 Å². The summed E-state index contributed by atoms with van der Waals surface area (Å²) in [7, 11) is 0. The molecule has 0 aliphatic carbocycles. The Hall–Kier alpha value is -3.19. The van der Waals surface area contributed by atoms with E-state index in [0.29, 0.717) is 5.06 Å². The topological polar surface area (TPSA) is 90.0 Å². The molecule has 1 aliphatic rings. The second-order valence-corrected chi connectivity index (χ2v) is 6.25. The van der Waals surface area contributed by atoms with E-state index < -0.39 is 17.5 Å². The summed E-state index contributed by atoms with van der Waals surface area (Å²) in [6.07, 6.45) is 0.376. The standard InChI is InChI=1S/C19H19N3O4/c23-14-21(26)13-19(11-15-7-3-1-4-8-15)17(24)22(18(25)20-19)12-16-9-5-2-6-10-16/h1-10,14,26H,11-13H2,(H,20,25). The third kappa shape index (κ3) is 3.57. The van der Waals surface area contributed by atoms with Gasteiger partial charge in [0.1, 0.15) is 5.54 Å². The van der Waals surface area contributed by atoms with Crippen molar-refractivity contribution >= 4 is 18.3 Å². The molecule has 7 heteroatoms. The number of benzene rings is 2. The van der Waals surface area contributed by atoms with Gasteiger partial charge in [-0.25, -0.2) is 9.86 Å². The Kier molecular flexibility index (Phi) is 4.99. The average Bonchev–Trinajstić information content (AvgIpc) is 2.87. The minimum Gasteiger partial charge on any atom is -0.321 e. The largest absolute Gasteiger partial charge is 0.325 e. The summed E-state index contributed by atoms with van der Waals surface area (Å²) in [6.45, 7) is -0.212. The van der Waals surface area contributed by atoms with Crippen molar-refractivity contribution in [1.82, 2.24) is 15.3 Å². The van der Waals surface area contributed by atoms with Gasteiger partial charge >= 0.3 is 6.03 Å². The predicted octanol–water partition coefficient (Wildman–Crippen LogP) is 1.57. The zero-order valence-electron chi connectivity index (χ0n) is 14.0. The van der Waals surface area contributed by atoms with Gasteiger partial charge in [0.2, 0.25) is 6.41 Å². The highest BCUT2D eigenvalue weighted by molar-refractivity contribution is 6.07. The Morgan fingerprint density at radius 2 is 1.58 bits per heavy atom. The lowest BCUT2D eigenvalue weighted by molar-refractivity contribution is -0.156. The Morgan fingerprint density at radius 1 is 1.00 bits per heavy atom. The number of rotatable bonds is 7. The van der Waals surface area contributed by atoms with Gasteiger partial charge in [0.25, 0.3) is 5.91 Å². The van der Waals surface area contributed by atoms with Crippen molar-refractivity contribution in [3.05, 3.63) is 71.8 Å². The molecule has 1 heterocycles. The summed E-state index contributed by atoms with van der Waals surface area (Å²) in [6, 6.07) is 17.7. The van der Waals surface area contributed by atoms with E-state index in [4.69, 9.17) is 0 Å². The van der Waals surface area contributed by atoms with Gasteiger partial charge in [0.05, 0.1) is 13.1 Å². The molecular formula is C19H19N3O4. The molecule has 134 valence electrons. The molecule has 0 spiro atoms. The van der Waals surface area contributed by atoms with Crippen molar-refractivity contribution in [2.45, 2.75) is 18.5 Å². The highest BCUT2D eigenvalue weighted by atomic mass is 16.5. The third-order valence-corrected chi connectivity index (χ3v) is 4.33. The second-order valence-electron chi connectivity index (χ2n) is 6.25. The molecule has 1 aliphatic heterocycles. The van der Waals surface area contributed by atoms with Gasteiger partial charge in [0.15, 0.2) is 0 Å². The van der Waals surface area contributed by atoms with Crippen LogP contribution in [0.2, 0.25) is 0 Å². The molecule has 1 atom stereocenters. The average molecular weight is 353 g/mol. The highest BCUT2D eigenvalue weighted by Crippen LogP contribution is 2.25. The molecule has 2 aromatic rings. The van der Waals surface area contributed by atoms with E-state index in [2.05, 4.69) is 5.32 Å². The molecule has 0 saturated carbocycles. The number of nitrogens with zero attached hydrogens (tertiary/aromatic N) is 2. The minimum atomic E-state index is -1.41. The summed E-state index contributed by atoms with van der Waals surface area (Å²) in [5, 5.41) is 12.7. The zero-order chi connectivity index (χ0) is 18.6. The zero-order valence-corrected chi connectivity index (χ0v) is 14.0.